The first kappa shape index (κ1) is 15.2. The molecular weight excluding hydrogens is 246 g/mol. The van der Waals surface area contributed by atoms with Crippen molar-refractivity contribution in [2.45, 2.75) is 59.9 Å². The minimum absolute atomic E-state index is 0.467. The summed E-state index contributed by atoms with van der Waals surface area (Å²) in [6.45, 7) is 11.6. The van der Waals surface area contributed by atoms with E-state index >= 15 is 0 Å². The average molecular weight is 270 g/mol. The fraction of sp³-hybridized carbons (Fsp3) is 0.714. The summed E-state index contributed by atoms with van der Waals surface area (Å²) < 4.78 is 0. The zero-order valence-electron chi connectivity index (χ0n) is 12.1. The Labute approximate surface area is 116 Å². The number of anilines is 1. The molecule has 1 rings (SSSR count). The van der Waals surface area contributed by atoms with Gasteiger partial charge >= 0.3 is 0 Å². The van der Waals surface area contributed by atoms with Crippen LogP contribution in [0.1, 0.15) is 51.9 Å². The molecule has 3 nitrogen and oxygen atoms in total. The van der Waals surface area contributed by atoms with Crippen LogP contribution >= 0.6 is 11.6 Å². The first-order valence-corrected chi connectivity index (χ1v) is 7.22. The van der Waals surface area contributed by atoms with E-state index < -0.39 is 0 Å². The predicted molar refractivity (Wildman–Crippen MR) is 78.5 cm³/mol. The van der Waals surface area contributed by atoms with E-state index in [4.69, 9.17) is 16.6 Å². The quantitative estimate of drug-likeness (QED) is 0.731. The molecule has 18 heavy (non-hydrogen) atoms. The number of rotatable bonds is 6. The lowest BCUT2D eigenvalue weighted by Crippen LogP contribution is -2.34. The highest BCUT2D eigenvalue weighted by atomic mass is 35.5. The minimum Gasteiger partial charge on any atom is -0.354 e. The van der Waals surface area contributed by atoms with E-state index in [1.54, 1.807) is 0 Å². The van der Waals surface area contributed by atoms with Crippen LogP contribution < -0.4 is 4.90 Å². The van der Waals surface area contributed by atoms with E-state index in [2.05, 4.69) is 37.6 Å². The molecule has 0 aliphatic heterocycles. The zero-order chi connectivity index (χ0) is 13.7. The molecule has 0 aliphatic rings. The first-order valence-electron chi connectivity index (χ1n) is 6.84. The van der Waals surface area contributed by atoms with Gasteiger partial charge in [-0.25, -0.2) is 9.97 Å². The lowest BCUT2D eigenvalue weighted by atomic mass is 10.2. The molecule has 0 bridgehead atoms. The number of aromatic nitrogens is 2. The molecule has 102 valence electrons. The highest BCUT2D eigenvalue weighted by Crippen LogP contribution is 2.25. The Morgan fingerprint density at radius 3 is 2.39 bits per heavy atom. The van der Waals surface area contributed by atoms with Gasteiger partial charge in [0.15, 0.2) is 0 Å². The van der Waals surface area contributed by atoms with E-state index in [-0.39, 0.29) is 0 Å². The van der Waals surface area contributed by atoms with Gasteiger partial charge in [-0.1, -0.05) is 25.4 Å². The fourth-order valence-corrected chi connectivity index (χ4v) is 2.21. The van der Waals surface area contributed by atoms with Gasteiger partial charge < -0.3 is 4.90 Å². The van der Waals surface area contributed by atoms with Crippen molar-refractivity contribution < 1.29 is 0 Å². The van der Waals surface area contributed by atoms with Crippen molar-refractivity contribution >= 4 is 17.4 Å². The smallest absolute Gasteiger partial charge is 0.137 e. The molecule has 1 unspecified atom stereocenters. The SMILES string of the molecule is CCCc1nc(Cl)c(C)c(N(CC)C(C)CC)n1. The minimum atomic E-state index is 0.467. The molecule has 4 heteroatoms. The number of hydrogen-bond acceptors (Lipinski definition) is 3. The average Bonchev–Trinajstić information content (AvgIpc) is 2.35. The molecule has 0 amide bonds. The molecule has 1 atom stereocenters. The maximum Gasteiger partial charge on any atom is 0.137 e. The highest BCUT2D eigenvalue weighted by molar-refractivity contribution is 6.30. The second-order valence-electron chi connectivity index (χ2n) is 4.67. The van der Waals surface area contributed by atoms with E-state index in [1.165, 1.54) is 0 Å². The number of hydrogen-bond donors (Lipinski definition) is 0. The topological polar surface area (TPSA) is 29.0 Å². The molecule has 0 aliphatic carbocycles. The van der Waals surface area contributed by atoms with Gasteiger partial charge in [-0.05, 0) is 33.6 Å². The van der Waals surface area contributed by atoms with E-state index in [0.29, 0.717) is 11.2 Å². The normalized spacial score (nSPS) is 12.6. The molecule has 0 saturated heterocycles. The molecule has 1 aromatic heterocycles. The van der Waals surface area contributed by atoms with Gasteiger partial charge in [0.05, 0.1) is 0 Å². The summed E-state index contributed by atoms with van der Waals surface area (Å²) in [5, 5.41) is 0.588. The maximum atomic E-state index is 6.23. The van der Waals surface area contributed by atoms with Crippen molar-refractivity contribution in [1.82, 2.24) is 9.97 Å². The molecule has 0 radical (unpaired) electrons. The van der Waals surface area contributed by atoms with Gasteiger partial charge in [0.2, 0.25) is 0 Å². The lowest BCUT2D eigenvalue weighted by Gasteiger charge is -2.30. The van der Waals surface area contributed by atoms with Crippen molar-refractivity contribution in [3.63, 3.8) is 0 Å². The van der Waals surface area contributed by atoms with E-state index in [0.717, 1.165) is 43.0 Å². The van der Waals surface area contributed by atoms with Crippen LogP contribution in [0.2, 0.25) is 5.15 Å². The summed E-state index contributed by atoms with van der Waals surface area (Å²) in [5.41, 5.74) is 0.985. The summed E-state index contributed by atoms with van der Waals surface area (Å²) in [7, 11) is 0. The Morgan fingerprint density at radius 2 is 1.89 bits per heavy atom. The molecule has 0 N–H and O–H groups in total. The monoisotopic (exact) mass is 269 g/mol. The van der Waals surface area contributed by atoms with Crippen LogP contribution in [-0.4, -0.2) is 22.6 Å². The van der Waals surface area contributed by atoms with Gasteiger partial charge in [0.1, 0.15) is 16.8 Å². The predicted octanol–water partition coefficient (Wildman–Crippen LogP) is 4.02. The van der Waals surface area contributed by atoms with Gasteiger partial charge in [-0.2, -0.15) is 0 Å². The Balaban J connectivity index is 3.19. The summed E-state index contributed by atoms with van der Waals surface area (Å²) in [6.07, 6.45) is 3.01. The van der Waals surface area contributed by atoms with Gasteiger partial charge in [-0.3, -0.25) is 0 Å². The molecule has 0 fully saturated rings. The van der Waals surface area contributed by atoms with E-state index in [9.17, 15) is 0 Å². The maximum absolute atomic E-state index is 6.23. The van der Waals surface area contributed by atoms with Gasteiger partial charge in [-0.15, -0.1) is 0 Å². The lowest BCUT2D eigenvalue weighted by molar-refractivity contribution is 0.617. The van der Waals surface area contributed by atoms with Gasteiger partial charge in [0.25, 0.3) is 0 Å². The van der Waals surface area contributed by atoms with Crippen molar-refractivity contribution in [3.8, 4) is 0 Å². The van der Waals surface area contributed by atoms with Crippen LogP contribution in [0.5, 0.6) is 0 Å². The molecule has 1 heterocycles. The van der Waals surface area contributed by atoms with E-state index in [1.807, 2.05) is 6.92 Å². The summed E-state index contributed by atoms with van der Waals surface area (Å²) in [4.78, 5) is 11.4. The van der Waals surface area contributed by atoms with Crippen LogP contribution in [0.15, 0.2) is 0 Å². The van der Waals surface area contributed by atoms with Crippen molar-refractivity contribution in [2.75, 3.05) is 11.4 Å². The fourth-order valence-electron chi connectivity index (χ4n) is 2.03. The third kappa shape index (κ3) is 3.35. The molecule has 0 spiro atoms. The Bertz CT molecular complexity index is 393. The molecular formula is C14H24ClN3. The Hall–Kier alpha value is -0.830. The molecule has 0 aromatic carbocycles. The van der Waals surface area contributed by atoms with Crippen LogP contribution in [-0.2, 0) is 6.42 Å². The highest BCUT2D eigenvalue weighted by Gasteiger charge is 2.18. The van der Waals surface area contributed by atoms with Crippen molar-refractivity contribution in [2.24, 2.45) is 0 Å². The third-order valence-corrected chi connectivity index (χ3v) is 3.68. The number of aryl methyl sites for hydroxylation is 1. The Morgan fingerprint density at radius 1 is 1.22 bits per heavy atom. The summed E-state index contributed by atoms with van der Waals surface area (Å²) in [6, 6.07) is 0.467. The van der Waals surface area contributed by atoms with Crippen LogP contribution in [0.4, 0.5) is 5.82 Å². The molecule has 1 aromatic rings. The van der Waals surface area contributed by atoms with Crippen LogP contribution in [0.3, 0.4) is 0 Å². The largest absolute Gasteiger partial charge is 0.354 e. The Kier molecular flexibility index (Phi) is 5.86. The van der Waals surface area contributed by atoms with Gasteiger partial charge in [0, 0.05) is 24.6 Å². The standard InChI is InChI=1S/C14H24ClN3/c1-6-9-12-16-13(15)11(5)14(17-12)18(8-3)10(4)7-2/h10H,6-9H2,1-5H3. The number of nitrogens with zero attached hydrogens (tertiary/aromatic N) is 3. The second-order valence-corrected chi connectivity index (χ2v) is 5.03. The molecule has 0 saturated carbocycles. The van der Waals surface area contributed by atoms with Crippen LogP contribution in [0.25, 0.3) is 0 Å². The first-order chi connectivity index (χ1) is 8.54. The van der Waals surface area contributed by atoms with Crippen molar-refractivity contribution in [3.05, 3.63) is 16.5 Å². The summed E-state index contributed by atoms with van der Waals surface area (Å²) in [5.74, 6) is 1.85. The number of halogens is 1. The second kappa shape index (κ2) is 6.93. The zero-order valence-corrected chi connectivity index (χ0v) is 12.9. The summed E-state index contributed by atoms with van der Waals surface area (Å²) >= 11 is 6.23. The van der Waals surface area contributed by atoms with Crippen LogP contribution in [0, 0.1) is 6.92 Å². The van der Waals surface area contributed by atoms with Crippen molar-refractivity contribution in [1.29, 1.82) is 0 Å². The third-order valence-electron chi connectivity index (χ3n) is 3.32.